The van der Waals surface area contributed by atoms with Gasteiger partial charge in [-0.15, -0.1) is 6.58 Å². The molecule has 0 aromatic heterocycles. The molecule has 1 aliphatic heterocycles. The number of nitrogens with one attached hydrogen (secondary N) is 4. The normalized spacial score (nSPS) is 22.1. The highest BCUT2D eigenvalue weighted by molar-refractivity contribution is 7.89. The number of carbonyl (C=O) groups is 5. The van der Waals surface area contributed by atoms with Gasteiger partial charge in [0.1, 0.15) is 22.7 Å². The Morgan fingerprint density at radius 3 is 2.24 bits per heavy atom. The van der Waals surface area contributed by atoms with Gasteiger partial charge in [-0.1, -0.05) is 85.9 Å². The predicted molar refractivity (Wildman–Crippen MR) is 210 cm³/mol. The van der Waals surface area contributed by atoms with E-state index in [1.807, 2.05) is 34.6 Å². The van der Waals surface area contributed by atoms with Crippen LogP contribution in [0.5, 0.6) is 5.75 Å². The maximum atomic E-state index is 14.5. The number of nitrogens with zero attached hydrogens (tertiary/aromatic N) is 2. The van der Waals surface area contributed by atoms with Crippen molar-refractivity contribution in [2.24, 2.45) is 34.0 Å². The van der Waals surface area contributed by atoms with E-state index in [1.165, 1.54) is 43.3 Å². The molecule has 3 aliphatic rings. The van der Waals surface area contributed by atoms with Gasteiger partial charge in [-0.05, 0) is 58.6 Å². The average molecular weight is 807 g/mol. The summed E-state index contributed by atoms with van der Waals surface area (Å²) in [6, 6.07) is -0.164. The molecule has 1 aromatic rings. The van der Waals surface area contributed by atoms with Crippen LogP contribution in [0.1, 0.15) is 74.7 Å². The molecule has 1 aromatic carbocycles. The maximum absolute atomic E-state index is 14.5. The fourth-order valence-electron chi connectivity index (χ4n) is 7.46. The van der Waals surface area contributed by atoms with Gasteiger partial charge in [-0.25, -0.2) is 13.2 Å². The minimum absolute atomic E-state index is 0.0241. The van der Waals surface area contributed by atoms with Crippen LogP contribution in [-0.2, 0) is 29.2 Å². The van der Waals surface area contributed by atoms with Gasteiger partial charge in [-0.3, -0.25) is 19.2 Å². The van der Waals surface area contributed by atoms with Gasteiger partial charge in [0, 0.05) is 37.7 Å². The Kier molecular flexibility index (Phi) is 13.1. The lowest BCUT2D eigenvalue weighted by Gasteiger charge is -2.39. The van der Waals surface area contributed by atoms with Gasteiger partial charge in [0.15, 0.2) is 0 Å². The largest absolute Gasteiger partial charge is 0.495 e. The van der Waals surface area contributed by atoms with Crippen LogP contribution in [0.3, 0.4) is 0 Å². The number of fused-ring (bicyclic) bond motifs is 1. The number of rotatable bonds is 16. The molecule has 2 saturated carbocycles. The van der Waals surface area contributed by atoms with Crippen LogP contribution in [0.2, 0.25) is 5.02 Å². The fraction of sp³-hybridized carbons (Fsp3) is 0.667. The van der Waals surface area contributed by atoms with Crippen LogP contribution in [0.15, 0.2) is 35.7 Å². The van der Waals surface area contributed by atoms with Crippen molar-refractivity contribution in [3.8, 4) is 5.75 Å². The van der Waals surface area contributed by atoms with Crippen LogP contribution in [-0.4, -0.2) is 105 Å². The second kappa shape index (κ2) is 16.4. The molecule has 1 heterocycles. The van der Waals surface area contributed by atoms with Gasteiger partial charge in [-0.2, -0.15) is 4.31 Å². The highest BCUT2D eigenvalue weighted by Gasteiger charge is 2.70. The first-order valence-electron chi connectivity index (χ1n) is 18.8. The van der Waals surface area contributed by atoms with Gasteiger partial charge in [0.2, 0.25) is 27.6 Å². The summed E-state index contributed by atoms with van der Waals surface area (Å²) in [7, 11) is -1.35. The molecular weight excluding hydrogens is 748 g/mol. The topological polar surface area (TPSA) is 183 Å². The Balaban J connectivity index is 1.54. The summed E-state index contributed by atoms with van der Waals surface area (Å²) in [4.78, 5) is 69.8. The van der Waals surface area contributed by atoms with E-state index in [0.717, 1.165) is 17.1 Å². The molecule has 0 radical (unpaired) electrons. The van der Waals surface area contributed by atoms with Crippen molar-refractivity contribution in [1.82, 2.24) is 30.5 Å². The second-order valence-electron chi connectivity index (χ2n) is 17.9. The van der Waals surface area contributed by atoms with E-state index in [2.05, 4.69) is 27.8 Å². The van der Waals surface area contributed by atoms with E-state index in [9.17, 15) is 32.4 Å². The van der Waals surface area contributed by atoms with Crippen LogP contribution in [0, 0.1) is 34.0 Å². The minimum atomic E-state index is -4.11. The molecule has 16 heteroatoms. The van der Waals surface area contributed by atoms with E-state index in [1.54, 1.807) is 20.8 Å². The summed E-state index contributed by atoms with van der Waals surface area (Å²) in [5.41, 5.74) is -1.69. The van der Waals surface area contributed by atoms with Crippen LogP contribution in [0.25, 0.3) is 0 Å². The average Bonchev–Trinajstić information content (AvgIpc) is 3.94. The van der Waals surface area contributed by atoms with Gasteiger partial charge < -0.3 is 30.9 Å². The van der Waals surface area contributed by atoms with E-state index >= 15 is 0 Å². The summed E-state index contributed by atoms with van der Waals surface area (Å²) < 4.78 is 33.8. The smallest absolute Gasteiger partial charge is 0.315 e. The van der Waals surface area contributed by atoms with Crippen molar-refractivity contribution in [2.75, 3.05) is 33.8 Å². The molecule has 14 nitrogen and oxygen atoms in total. The molecule has 4 rings (SSSR count). The lowest BCUT2D eigenvalue weighted by Crippen LogP contribution is -2.62. The molecular formula is C39H59ClN6O8S. The summed E-state index contributed by atoms with van der Waals surface area (Å²) in [6.45, 7) is 18.9. The number of ether oxygens (including phenoxy) is 1. The van der Waals surface area contributed by atoms with Crippen molar-refractivity contribution < 1.29 is 37.1 Å². The van der Waals surface area contributed by atoms with Crippen molar-refractivity contribution in [2.45, 2.75) is 104 Å². The SMILES string of the molecule is C=CCNC(=O)C(=O)C(CC1CC1)NC(=O)[C@@H]1[C@@H]2[C@H](CN1C(=O)[C@@H](NC(=O)N[C@H](CN(C)S(=O)(=O)c1cc(Cl)ccc1OC)C(C)(C)C)C(C)(C)C)C2(C)C. The second-order valence-corrected chi connectivity index (χ2v) is 20.4. The van der Waals surface area contributed by atoms with Gasteiger partial charge >= 0.3 is 6.03 Å². The first kappa shape index (κ1) is 44.0. The highest BCUT2D eigenvalue weighted by atomic mass is 35.5. The van der Waals surface area contributed by atoms with E-state index < -0.39 is 74.6 Å². The summed E-state index contributed by atoms with van der Waals surface area (Å²) in [5.74, 6) is -2.33. The third-order valence-corrected chi connectivity index (χ3v) is 13.4. The first-order chi connectivity index (χ1) is 25.4. The molecule has 55 heavy (non-hydrogen) atoms. The molecule has 1 unspecified atom stereocenters. The number of urea groups is 1. The zero-order chi connectivity index (χ0) is 41.4. The van der Waals surface area contributed by atoms with Gasteiger partial charge in [0.05, 0.1) is 13.2 Å². The Hall–Kier alpha value is -3.69. The fourth-order valence-corrected chi connectivity index (χ4v) is 9.06. The number of ketones is 1. The molecule has 0 bridgehead atoms. The number of hydrogen-bond acceptors (Lipinski definition) is 8. The number of benzene rings is 1. The third-order valence-electron chi connectivity index (χ3n) is 11.3. The number of carbonyl (C=O) groups excluding carboxylic acids is 5. The van der Waals surface area contributed by atoms with E-state index in [0.29, 0.717) is 6.42 Å². The Morgan fingerprint density at radius 2 is 1.69 bits per heavy atom. The van der Waals surface area contributed by atoms with Crippen LogP contribution < -0.4 is 26.0 Å². The van der Waals surface area contributed by atoms with Crippen molar-refractivity contribution >= 4 is 51.2 Å². The number of likely N-dealkylation sites (N-methyl/N-ethyl adjacent to an activating group) is 1. The molecule has 2 aliphatic carbocycles. The van der Waals surface area contributed by atoms with E-state index in [-0.39, 0.29) is 58.5 Å². The van der Waals surface area contributed by atoms with Crippen LogP contribution in [0.4, 0.5) is 4.79 Å². The molecule has 5 amide bonds. The van der Waals surface area contributed by atoms with E-state index in [4.69, 9.17) is 16.3 Å². The lowest BCUT2D eigenvalue weighted by molar-refractivity contribution is -0.145. The zero-order valence-electron chi connectivity index (χ0n) is 33.7. The highest BCUT2D eigenvalue weighted by Crippen LogP contribution is 2.65. The minimum Gasteiger partial charge on any atom is -0.495 e. The number of hydrogen-bond donors (Lipinski definition) is 4. The standard InChI is InChI=1S/C39H59ClN6O8S/c1-12-17-41-34(49)31(47)25(18-22-13-14-22)42-33(48)30-29-24(39(29,8)9)20-46(30)35(50)32(38(5,6)7)44-36(51)43-28(37(2,3)4)21-45(10)55(52,53)27-19-23(40)15-16-26(27)54-11/h12,15-16,19,22,24-25,28-30,32H,1,13-14,17-18,20-21H2,2-11H3,(H,41,49)(H,42,48)(H2,43,44,51)/t24-,25?,28+,29-,30-,32+/m0/s1. The summed E-state index contributed by atoms with van der Waals surface area (Å²) in [5, 5.41) is 11.3. The molecule has 3 fully saturated rings. The molecule has 6 atom stereocenters. The maximum Gasteiger partial charge on any atom is 0.315 e. The Labute approximate surface area is 330 Å². The third kappa shape index (κ3) is 10.0. The predicted octanol–water partition coefficient (Wildman–Crippen LogP) is 3.74. The number of amides is 5. The Bertz CT molecular complexity index is 1780. The molecule has 1 saturated heterocycles. The van der Waals surface area contributed by atoms with Gasteiger partial charge in [0.25, 0.3) is 5.91 Å². The Morgan fingerprint density at radius 1 is 1.05 bits per heavy atom. The molecule has 0 spiro atoms. The van der Waals surface area contributed by atoms with Crippen LogP contribution >= 0.6 is 11.6 Å². The lowest BCUT2D eigenvalue weighted by atomic mass is 9.85. The quantitative estimate of drug-likeness (QED) is 0.144. The van der Waals surface area contributed by atoms with Crippen molar-refractivity contribution in [1.29, 1.82) is 0 Å². The summed E-state index contributed by atoms with van der Waals surface area (Å²) in [6.07, 6.45) is 3.59. The monoisotopic (exact) mass is 806 g/mol. The number of sulfonamides is 1. The molecule has 4 N–H and O–H groups in total. The zero-order valence-corrected chi connectivity index (χ0v) is 35.3. The number of piperidine rings is 1. The summed E-state index contributed by atoms with van der Waals surface area (Å²) >= 11 is 6.13. The molecule has 306 valence electrons. The van der Waals surface area contributed by atoms with Crippen molar-refractivity contribution in [3.05, 3.63) is 35.9 Å². The number of methoxy groups -OCH3 is 1. The number of likely N-dealkylation sites (tertiary alicyclic amines) is 1. The van der Waals surface area contributed by atoms with Crippen molar-refractivity contribution in [3.63, 3.8) is 0 Å². The number of halogens is 1. The first-order valence-corrected chi connectivity index (χ1v) is 20.6. The number of Topliss-reactive ketones (excluding diaryl/α,β-unsaturated/α-hetero) is 1.